The highest BCUT2D eigenvalue weighted by atomic mass is 35.5. The molecule has 0 nitrogen and oxygen atoms in total. The summed E-state index contributed by atoms with van der Waals surface area (Å²) in [6, 6.07) is 5.21. The SMILES string of the molecule is CC1=CC(c2ccc(F)c(C)c2)C(Cl)S1. The Kier molecular flexibility index (Phi) is 3.08. The van der Waals surface area contributed by atoms with Gasteiger partial charge in [-0.25, -0.2) is 4.39 Å². The van der Waals surface area contributed by atoms with Gasteiger partial charge in [0.2, 0.25) is 0 Å². The second kappa shape index (κ2) is 4.18. The molecule has 80 valence electrons. The van der Waals surface area contributed by atoms with Gasteiger partial charge >= 0.3 is 0 Å². The van der Waals surface area contributed by atoms with Crippen LogP contribution in [0.5, 0.6) is 0 Å². The minimum atomic E-state index is -0.156. The molecule has 0 spiro atoms. The lowest BCUT2D eigenvalue weighted by molar-refractivity contribution is 0.617. The largest absolute Gasteiger partial charge is 0.207 e. The highest BCUT2D eigenvalue weighted by Gasteiger charge is 2.26. The predicted molar refractivity (Wildman–Crippen MR) is 64.9 cm³/mol. The molecular formula is C12H12ClFS. The van der Waals surface area contributed by atoms with Crippen LogP contribution in [0.1, 0.15) is 24.0 Å². The maximum absolute atomic E-state index is 13.1. The number of alkyl halides is 1. The lowest BCUT2D eigenvalue weighted by Gasteiger charge is -2.13. The van der Waals surface area contributed by atoms with E-state index in [1.54, 1.807) is 18.7 Å². The zero-order valence-corrected chi connectivity index (χ0v) is 10.2. The minimum Gasteiger partial charge on any atom is -0.207 e. The first-order valence-electron chi connectivity index (χ1n) is 4.83. The second-order valence-corrected chi connectivity index (χ2v) is 5.90. The van der Waals surface area contributed by atoms with Crippen LogP contribution in [0.2, 0.25) is 0 Å². The van der Waals surface area contributed by atoms with Crippen LogP contribution >= 0.6 is 23.4 Å². The monoisotopic (exact) mass is 242 g/mol. The van der Waals surface area contributed by atoms with Gasteiger partial charge in [-0.05, 0) is 35.9 Å². The summed E-state index contributed by atoms with van der Waals surface area (Å²) in [7, 11) is 0. The number of benzene rings is 1. The van der Waals surface area contributed by atoms with Crippen molar-refractivity contribution in [3.05, 3.63) is 46.1 Å². The van der Waals surface area contributed by atoms with Crippen LogP contribution < -0.4 is 0 Å². The molecule has 1 aromatic rings. The Labute approximate surface area is 98.5 Å². The van der Waals surface area contributed by atoms with Crippen LogP contribution in [0.25, 0.3) is 0 Å². The van der Waals surface area contributed by atoms with Crippen molar-refractivity contribution >= 4 is 23.4 Å². The predicted octanol–water partition coefficient (Wildman–Crippen LogP) is 4.43. The van der Waals surface area contributed by atoms with Gasteiger partial charge in [0.15, 0.2) is 0 Å². The van der Waals surface area contributed by atoms with Crippen molar-refractivity contribution in [3.8, 4) is 0 Å². The first-order chi connectivity index (χ1) is 7.08. The van der Waals surface area contributed by atoms with E-state index in [4.69, 9.17) is 11.6 Å². The Hall–Kier alpha value is -0.470. The lowest BCUT2D eigenvalue weighted by Crippen LogP contribution is -2.03. The van der Waals surface area contributed by atoms with Crippen LogP contribution in [0.15, 0.2) is 29.2 Å². The van der Waals surface area contributed by atoms with Crippen molar-refractivity contribution in [1.82, 2.24) is 0 Å². The average molecular weight is 243 g/mol. The molecule has 1 heterocycles. The molecule has 0 bridgehead atoms. The Balaban J connectivity index is 2.34. The summed E-state index contributed by atoms with van der Waals surface area (Å²) in [5.74, 6) is 0.0483. The molecule has 0 radical (unpaired) electrons. The molecule has 1 aliphatic rings. The first kappa shape index (κ1) is 11.0. The standard InChI is InChI=1S/C12H12ClFS/c1-7-5-9(3-4-11(7)14)10-6-8(2)15-12(10)13/h3-6,10,12H,1-2H3. The van der Waals surface area contributed by atoms with E-state index < -0.39 is 0 Å². The molecule has 1 aliphatic heterocycles. The van der Waals surface area contributed by atoms with Crippen LogP contribution in [-0.2, 0) is 0 Å². The molecule has 0 N–H and O–H groups in total. The number of halogens is 2. The maximum Gasteiger partial charge on any atom is 0.126 e. The first-order valence-corrected chi connectivity index (χ1v) is 6.15. The van der Waals surface area contributed by atoms with Gasteiger partial charge in [-0.15, -0.1) is 23.4 Å². The van der Waals surface area contributed by atoms with Crippen LogP contribution in [-0.4, -0.2) is 4.71 Å². The highest BCUT2D eigenvalue weighted by molar-refractivity contribution is 8.05. The molecule has 2 rings (SSSR count). The Morgan fingerprint density at radius 3 is 2.60 bits per heavy atom. The van der Waals surface area contributed by atoms with Gasteiger partial charge < -0.3 is 0 Å². The van der Waals surface area contributed by atoms with Crippen molar-refractivity contribution < 1.29 is 4.39 Å². The Morgan fingerprint density at radius 1 is 1.33 bits per heavy atom. The van der Waals surface area contributed by atoms with Gasteiger partial charge in [0.1, 0.15) is 5.82 Å². The zero-order valence-electron chi connectivity index (χ0n) is 8.63. The van der Waals surface area contributed by atoms with Gasteiger partial charge in [-0.3, -0.25) is 0 Å². The maximum atomic E-state index is 13.1. The summed E-state index contributed by atoms with van der Waals surface area (Å²) in [6.45, 7) is 3.83. The molecule has 1 aromatic carbocycles. The van der Waals surface area contributed by atoms with E-state index in [2.05, 4.69) is 13.0 Å². The van der Waals surface area contributed by atoms with Gasteiger partial charge in [0, 0.05) is 5.92 Å². The van der Waals surface area contributed by atoms with Gasteiger partial charge in [0.25, 0.3) is 0 Å². The zero-order chi connectivity index (χ0) is 11.0. The van der Waals surface area contributed by atoms with E-state index in [1.165, 1.54) is 11.0 Å². The fourth-order valence-corrected chi connectivity index (χ4v) is 3.34. The van der Waals surface area contributed by atoms with Crippen molar-refractivity contribution in [2.24, 2.45) is 0 Å². The van der Waals surface area contributed by atoms with E-state index in [0.29, 0.717) is 5.56 Å². The van der Waals surface area contributed by atoms with E-state index in [9.17, 15) is 4.39 Å². The third-order valence-electron chi connectivity index (χ3n) is 2.56. The Bertz CT molecular complexity index is 414. The van der Waals surface area contributed by atoms with Crippen molar-refractivity contribution in [3.63, 3.8) is 0 Å². The molecule has 0 aromatic heterocycles. The number of thioether (sulfide) groups is 1. The van der Waals surface area contributed by atoms with Gasteiger partial charge in [-0.1, -0.05) is 18.2 Å². The number of hydrogen-bond donors (Lipinski definition) is 0. The molecular weight excluding hydrogens is 231 g/mol. The summed E-state index contributed by atoms with van der Waals surface area (Å²) < 4.78 is 13.1. The normalized spacial score (nSPS) is 25.5. The summed E-state index contributed by atoms with van der Waals surface area (Å²) in [4.78, 5) is 1.24. The van der Waals surface area contributed by atoms with Crippen LogP contribution in [0.3, 0.4) is 0 Å². The van der Waals surface area contributed by atoms with Gasteiger partial charge in [-0.2, -0.15) is 0 Å². The summed E-state index contributed by atoms with van der Waals surface area (Å²) in [5.41, 5.74) is 1.78. The summed E-state index contributed by atoms with van der Waals surface area (Å²) in [6.07, 6.45) is 2.15. The van der Waals surface area contributed by atoms with E-state index in [0.717, 1.165) is 5.56 Å². The smallest absolute Gasteiger partial charge is 0.126 e. The molecule has 0 amide bonds. The molecule has 2 unspecified atom stereocenters. The third kappa shape index (κ3) is 2.21. The summed E-state index contributed by atoms with van der Waals surface area (Å²) in [5, 5.41) is 0. The molecule has 0 fully saturated rings. The average Bonchev–Trinajstić information content (AvgIpc) is 2.50. The lowest BCUT2D eigenvalue weighted by atomic mass is 9.98. The number of hydrogen-bond acceptors (Lipinski definition) is 1. The quantitative estimate of drug-likeness (QED) is 0.657. The third-order valence-corrected chi connectivity index (χ3v) is 4.13. The second-order valence-electron chi connectivity index (χ2n) is 3.78. The Morgan fingerprint density at radius 2 is 2.07 bits per heavy atom. The van der Waals surface area contributed by atoms with Crippen molar-refractivity contribution in [2.45, 2.75) is 24.5 Å². The van der Waals surface area contributed by atoms with Gasteiger partial charge in [0.05, 0.1) is 4.71 Å². The highest BCUT2D eigenvalue weighted by Crippen LogP contribution is 2.44. The number of rotatable bonds is 1. The molecule has 0 aliphatic carbocycles. The topological polar surface area (TPSA) is 0 Å². The summed E-state index contributed by atoms with van der Waals surface area (Å²) >= 11 is 7.88. The fraction of sp³-hybridized carbons (Fsp3) is 0.333. The molecule has 15 heavy (non-hydrogen) atoms. The van der Waals surface area contributed by atoms with Crippen molar-refractivity contribution in [1.29, 1.82) is 0 Å². The van der Waals surface area contributed by atoms with E-state index in [-0.39, 0.29) is 16.4 Å². The van der Waals surface area contributed by atoms with E-state index in [1.807, 2.05) is 12.1 Å². The van der Waals surface area contributed by atoms with Crippen LogP contribution in [0, 0.1) is 12.7 Å². The molecule has 3 heteroatoms. The molecule has 2 atom stereocenters. The minimum absolute atomic E-state index is 0.0369. The van der Waals surface area contributed by atoms with Crippen molar-refractivity contribution in [2.75, 3.05) is 0 Å². The number of allylic oxidation sites excluding steroid dienone is 2. The van der Waals surface area contributed by atoms with Crippen LogP contribution in [0.4, 0.5) is 4.39 Å². The van der Waals surface area contributed by atoms with E-state index >= 15 is 0 Å². The number of aryl methyl sites for hydroxylation is 1. The molecule has 0 saturated heterocycles. The fourth-order valence-electron chi connectivity index (χ4n) is 1.74. The molecule has 0 saturated carbocycles.